The van der Waals surface area contributed by atoms with Crippen LogP contribution in [0.1, 0.15) is 82.6 Å². The van der Waals surface area contributed by atoms with Gasteiger partial charge in [-0.2, -0.15) is 0 Å². The Morgan fingerprint density at radius 2 is 1.33 bits per heavy atom. The summed E-state index contributed by atoms with van der Waals surface area (Å²) in [5.41, 5.74) is -1.42. The van der Waals surface area contributed by atoms with Crippen molar-refractivity contribution in [3.05, 3.63) is 0 Å². The molecule has 3 nitrogen and oxygen atoms in total. The van der Waals surface area contributed by atoms with Crippen LogP contribution in [-0.2, 0) is 14.3 Å². The molecule has 0 N–H and O–H groups in total. The second-order valence-electron chi connectivity index (χ2n) is 9.35. The van der Waals surface area contributed by atoms with Crippen LogP contribution in [0.2, 0.25) is 0 Å². The molecule has 0 spiro atoms. The third kappa shape index (κ3) is 8.57. The van der Waals surface area contributed by atoms with Gasteiger partial charge < -0.3 is 9.47 Å². The summed E-state index contributed by atoms with van der Waals surface area (Å²) < 4.78 is 11.9. The molecule has 3 heteroatoms. The minimum Gasteiger partial charge on any atom is -0.365 e. The van der Waals surface area contributed by atoms with Gasteiger partial charge in [-0.15, -0.1) is 0 Å². The van der Waals surface area contributed by atoms with Crippen molar-refractivity contribution in [1.29, 1.82) is 0 Å². The van der Waals surface area contributed by atoms with E-state index in [-0.39, 0.29) is 22.4 Å². The summed E-state index contributed by atoms with van der Waals surface area (Å²) >= 11 is 0. The predicted octanol–water partition coefficient (Wildman–Crippen LogP) is 4.77. The maximum atomic E-state index is 12.6. The van der Waals surface area contributed by atoms with Gasteiger partial charge in [-0.3, -0.25) is 4.79 Å². The normalized spacial score (nSPS) is 16.0. The first kappa shape index (κ1) is 20.6. The lowest BCUT2D eigenvalue weighted by molar-refractivity contribution is -0.179. The fourth-order valence-electron chi connectivity index (χ4n) is 3.13. The fourth-order valence-corrected chi connectivity index (χ4v) is 3.13. The first-order valence-electron chi connectivity index (χ1n) is 7.88. The molecule has 0 aromatic carbocycles. The molecule has 1 unspecified atom stereocenters. The summed E-state index contributed by atoms with van der Waals surface area (Å²) in [4.78, 5) is 12.6. The Hall–Kier alpha value is -0.410. The van der Waals surface area contributed by atoms with E-state index in [2.05, 4.69) is 20.8 Å². The lowest BCUT2D eigenvalue weighted by atomic mass is 9.83. The SMILES string of the molecule is CC(OC(C)(C)C)C(=O)C(C)(C)OC(C)(C)CC(C)(C)C. The summed E-state index contributed by atoms with van der Waals surface area (Å²) in [6, 6.07) is 0. The second kappa shape index (κ2) is 6.37. The van der Waals surface area contributed by atoms with Crippen LogP contribution in [0.5, 0.6) is 0 Å². The molecule has 0 aromatic rings. The summed E-state index contributed by atoms with van der Waals surface area (Å²) in [6.45, 7) is 22.0. The molecule has 0 saturated carbocycles. The number of rotatable bonds is 6. The molecule has 0 heterocycles. The van der Waals surface area contributed by atoms with Crippen molar-refractivity contribution in [1.82, 2.24) is 0 Å². The number of ether oxygens (including phenoxy) is 2. The molecule has 0 aromatic heterocycles. The van der Waals surface area contributed by atoms with Crippen molar-refractivity contribution in [2.24, 2.45) is 5.41 Å². The number of carbonyl (C=O) groups excluding carboxylic acids is 1. The van der Waals surface area contributed by atoms with Crippen LogP contribution >= 0.6 is 0 Å². The highest BCUT2D eigenvalue weighted by atomic mass is 16.5. The van der Waals surface area contributed by atoms with Crippen molar-refractivity contribution in [2.45, 2.75) is 105 Å². The topological polar surface area (TPSA) is 35.5 Å². The monoisotopic (exact) mass is 300 g/mol. The Bertz CT molecular complexity index is 354. The molecule has 21 heavy (non-hydrogen) atoms. The van der Waals surface area contributed by atoms with Crippen molar-refractivity contribution < 1.29 is 14.3 Å². The Labute approximate surface area is 131 Å². The molecule has 0 aliphatic rings. The molecule has 0 aliphatic carbocycles. The van der Waals surface area contributed by atoms with Crippen LogP contribution in [0.25, 0.3) is 0 Å². The third-order valence-corrected chi connectivity index (χ3v) is 2.98. The van der Waals surface area contributed by atoms with Crippen LogP contribution in [0.4, 0.5) is 0 Å². The van der Waals surface area contributed by atoms with E-state index >= 15 is 0 Å². The quantitative estimate of drug-likeness (QED) is 0.709. The molecule has 0 radical (unpaired) electrons. The summed E-state index contributed by atoms with van der Waals surface area (Å²) in [7, 11) is 0. The highest BCUT2D eigenvalue weighted by molar-refractivity contribution is 5.90. The zero-order chi connectivity index (χ0) is 17.3. The first-order chi connectivity index (χ1) is 8.95. The van der Waals surface area contributed by atoms with Gasteiger partial charge >= 0.3 is 0 Å². The summed E-state index contributed by atoms with van der Waals surface area (Å²) in [5, 5.41) is 0. The maximum Gasteiger partial charge on any atom is 0.192 e. The standard InChI is InChI=1S/C18H36O3/c1-13(20-16(5,6)7)14(19)18(10,11)21-17(8,9)12-15(2,3)4/h13H,12H2,1-11H3. The lowest BCUT2D eigenvalue weighted by Crippen LogP contribution is -2.49. The van der Waals surface area contributed by atoms with Crippen LogP contribution < -0.4 is 0 Å². The van der Waals surface area contributed by atoms with Crippen LogP contribution in [-0.4, -0.2) is 28.7 Å². The van der Waals surface area contributed by atoms with Gasteiger partial charge in [-0.1, -0.05) is 20.8 Å². The van der Waals surface area contributed by atoms with Crippen molar-refractivity contribution in [3.63, 3.8) is 0 Å². The van der Waals surface area contributed by atoms with E-state index < -0.39 is 11.7 Å². The molecule has 0 amide bonds. The largest absolute Gasteiger partial charge is 0.365 e. The molecular weight excluding hydrogens is 264 g/mol. The van der Waals surface area contributed by atoms with Crippen molar-refractivity contribution in [2.75, 3.05) is 0 Å². The zero-order valence-corrected chi connectivity index (χ0v) is 16.0. The van der Waals surface area contributed by atoms with Gasteiger partial charge in [0.05, 0.1) is 11.2 Å². The maximum absolute atomic E-state index is 12.6. The Morgan fingerprint density at radius 3 is 1.67 bits per heavy atom. The Balaban J connectivity index is 4.92. The number of Topliss-reactive ketones (excluding diaryl/α,β-unsaturated/α-hetero) is 1. The third-order valence-electron chi connectivity index (χ3n) is 2.98. The van der Waals surface area contributed by atoms with Gasteiger partial charge in [0, 0.05) is 0 Å². The van der Waals surface area contributed by atoms with Crippen molar-refractivity contribution >= 4 is 5.78 Å². The minimum absolute atomic E-state index is 0.0144. The van der Waals surface area contributed by atoms with E-state index in [0.717, 1.165) is 6.42 Å². The molecule has 0 rings (SSSR count). The average Bonchev–Trinajstić information content (AvgIpc) is 2.06. The highest BCUT2D eigenvalue weighted by Gasteiger charge is 2.40. The van der Waals surface area contributed by atoms with Gasteiger partial charge in [0.2, 0.25) is 0 Å². The van der Waals surface area contributed by atoms with E-state index in [1.54, 1.807) is 6.92 Å². The summed E-state index contributed by atoms with van der Waals surface area (Å²) in [5.74, 6) is -0.0144. The van der Waals surface area contributed by atoms with Crippen LogP contribution in [0.3, 0.4) is 0 Å². The smallest absolute Gasteiger partial charge is 0.192 e. The Kier molecular flexibility index (Phi) is 6.25. The summed E-state index contributed by atoms with van der Waals surface area (Å²) in [6.07, 6.45) is 0.399. The number of carbonyl (C=O) groups is 1. The van der Waals surface area contributed by atoms with Gasteiger partial charge in [-0.05, 0) is 67.2 Å². The molecule has 0 saturated heterocycles. The van der Waals surface area contributed by atoms with Gasteiger partial charge in [0.1, 0.15) is 11.7 Å². The molecule has 0 fully saturated rings. The van der Waals surface area contributed by atoms with E-state index in [9.17, 15) is 4.79 Å². The molecular formula is C18H36O3. The number of hydrogen-bond acceptors (Lipinski definition) is 3. The van der Waals surface area contributed by atoms with E-state index in [0.29, 0.717) is 0 Å². The van der Waals surface area contributed by atoms with Crippen molar-refractivity contribution in [3.8, 4) is 0 Å². The number of hydrogen-bond donors (Lipinski definition) is 0. The molecule has 1 atom stereocenters. The average molecular weight is 300 g/mol. The van der Waals surface area contributed by atoms with E-state index in [1.165, 1.54) is 0 Å². The fraction of sp³-hybridized carbons (Fsp3) is 0.944. The number of ketones is 1. The molecule has 0 aliphatic heterocycles. The molecule has 0 bridgehead atoms. The molecule has 126 valence electrons. The zero-order valence-electron chi connectivity index (χ0n) is 16.0. The lowest BCUT2D eigenvalue weighted by Gasteiger charge is -2.40. The van der Waals surface area contributed by atoms with E-state index in [1.807, 2.05) is 48.5 Å². The van der Waals surface area contributed by atoms with E-state index in [4.69, 9.17) is 9.47 Å². The van der Waals surface area contributed by atoms with Gasteiger partial charge in [0.15, 0.2) is 5.78 Å². The van der Waals surface area contributed by atoms with Gasteiger partial charge in [-0.25, -0.2) is 0 Å². The Morgan fingerprint density at radius 1 is 0.905 bits per heavy atom. The first-order valence-corrected chi connectivity index (χ1v) is 7.88. The second-order valence-corrected chi connectivity index (χ2v) is 9.35. The minimum atomic E-state index is -0.862. The van der Waals surface area contributed by atoms with Crippen LogP contribution in [0.15, 0.2) is 0 Å². The van der Waals surface area contributed by atoms with Gasteiger partial charge in [0.25, 0.3) is 0 Å². The highest BCUT2D eigenvalue weighted by Crippen LogP contribution is 2.33. The van der Waals surface area contributed by atoms with Crippen LogP contribution in [0, 0.1) is 5.41 Å². The predicted molar refractivity (Wildman–Crippen MR) is 88.6 cm³/mol.